The van der Waals surface area contributed by atoms with E-state index in [-0.39, 0.29) is 53.0 Å². The standard InChI is InChI=1S/C20H19FN2O4.Na/c1-20(2,3)18(26)14-11-22-8-9-23(10-12-4-6-13(21)7-5-12)19(27)15(22)17(25)16(14)24;/h4-9,11,25H,10H2,1-3H3;/q;+1. The third kappa shape index (κ3) is 4.11. The van der Waals surface area contributed by atoms with Crippen molar-refractivity contribution >= 4 is 11.3 Å². The zero-order chi connectivity index (χ0) is 19.9. The van der Waals surface area contributed by atoms with E-state index in [0.717, 1.165) is 0 Å². The topological polar surface area (TPSA) is 80.8 Å². The van der Waals surface area contributed by atoms with E-state index < -0.39 is 27.9 Å². The van der Waals surface area contributed by atoms with Crippen molar-refractivity contribution in [3.63, 3.8) is 0 Å². The Morgan fingerprint density at radius 1 is 1.11 bits per heavy atom. The minimum Gasteiger partial charge on any atom is -0.503 e. The summed E-state index contributed by atoms with van der Waals surface area (Å²) in [5, 5.41) is 10.3. The summed E-state index contributed by atoms with van der Waals surface area (Å²) in [6.45, 7) is 5.15. The van der Waals surface area contributed by atoms with Crippen molar-refractivity contribution in [3.8, 4) is 5.75 Å². The maximum Gasteiger partial charge on any atom is 1.00 e. The molecule has 0 aliphatic rings. The van der Waals surface area contributed by atoms with Gasteiger partial charge in [-0.25, -0.2) is 4.39 Å². The molecule has 0 spiro atoms. The molecule has 1 aromatic carbocycles. The Morgan fingerprint density at radius 2 is 1.71 bits per heavy atom. The van der Waals surface area contributed by atoms with Gasteiger partial charge < -0.3 is 14.1 Å². The smallest absolute Gasteiger partial charge is 0.503 e. The summed E-state index contributed by atoms with van der Waals surface area (Å²) >= 11 is 0. The summed E-state index contributed by atoms with van der Waals surface area (Å²) in [5.74, 6) is -1.57. The second-order valence-electron chi connectivity index (χ2n) is 7.41. The minimum absolute atomic E-state index is 0. The number of aromatic nitrogens is 2. The van der Waals surface area contributed by atoms with Crippen LogP contribution in [-0.2, 0) is 6.54 Å². The molecule has 0 atom stereocenters. The fraction of sp³-hybridized carbons (Fsp3) is 0.250. The molecule has 8 heteroatoms. The van der Waals surface area contributed by atoms with Crippen LogP contribution in [0.3, 0.4) is 0 Å². The van der Waals surface area contributed by atoms with Gasteiger partial charge in [-0.15, -0.1) is 0 Å². The van der Waals surface area contributed by atoms with Gasteiger partial charge in [-0.1, -0.05) is 32.9 Å². The normalized spacial score (nSPS) is 11.3. The molecule has 0 radical (unpaired) electrons. The number of ketones is 1. The second-order valence-corrected chi connectivity index (χ2v) is 7.41. The average molecular weight is 393 g/mol. The number of halogens is 1. The predicted octanol–water partition coefficient (Wildman–Crippen LogP) is -0.413. The Balaban J connectivity index is 0.00000280. The molecule has 0 aliphatic heterocycles. The van der Waals surface area contributed by atoms with Crippen LogP contribution in [0.15, 0.2) is 52.4 Å². The molecule has 0 saturated carbocycles. The van der Waals surface area contributed by atoms with Crippen molar-refractivity contribution in [2.75, 3.05) is 0 Å². The monoisotopic (exact) mass is 393 g/mol. The minimum atomic E-state index is -0.869. The summed E-state index contributed by atoms with van der Waals surface area (Å²) in [4.78, 5) is 37.7. The molecule has 140 valence electrons. The summed E-state index contributed by atoms with van der Waals surface area (Å²) < 4.78 is 15.6. The van der Waals surface area contributed by atoms with Gasteiger partial charge in [0, 0.05) is 24.0 Å². The first-order valence-corrected chi connectivity index (χ1v) is 8.36. The van der Waals surface area contributed by atoms with Crippen molar-refractivity contribution in [1.29, 1.82) is 0 Å². The number of carbonyl (C=O) groups excluding carboxylic acids is 1. The summed E-state index contributed by atoms with van der Waals surface area (Å²) in [7, 11) is 0. The van der Waals surface area contributed by atoms with Gasteiger partial charge in [0.05, 0.1) is 12.1 Å². The van der Waals surface area contributed by atoms with Crippen molar-refractivity contribution in [1.82, 2.24) is 8.97 Å². The van der Waals surface area contributed by atoms with E-state index in [4.69, 9.17) is 0 Å². The summed E-state index contributed by atoms with van der Waals surface area (Å²) in [6, 6.07) is 5.66. The number of Topliss-reactive ketones (excluding diaryl/α,β-unsaturated/α-hetero) is 1. The zero-order valence-electron chi connectivity index (χ0n) is 16.2. The number of carbonyl (C=O) groups is 1. The maximum absolute atomic E-state index is 13.0. The van der Waals surface area contributed by atoms with E-state index in [1.54, 1.807) is 32.9 Å². The van der Waals surface area contributed by atoms with Crippen molar-refractivity contribution in [3.05, 3.63) is 80.4 Å². The Kier molecular flexibility index (Phi) is 6.33. The largest absolute Gasteiger partial charge is 1.00 e. The van der Waals surface area contributed by atoms with E-state index in [9.17, 15) is 23.9 Å². The number of pyridine rings is 1. The Labute approximate surface area is 182 Å². The first-order chi connectivity index (χ1) is 12.6. The zero-order valence-corrected chi connectivity index (χ0v) is 18.2. The first kappa shape index (κ1) is 22.1. The van der Waals surface area contributed by atoms with E-state index in [0.29, 0.717) is 5.56 Å². The Bertz CT molecular complexity index is 1160. The van der Waals surface area contributed by atoms with Crippen LogP contribution in [0.25, 0.3) is 5.52 Å². The van der Waals surface area contributed by atoms with Gasteiger partial charge in [0.2, 0.25) is 5.43 Å². The number of hydrogen-bond donors (Lipinski definition) is 1. The fourth-order valence-corrected chi connectivity index (χ4v) is 2.78. The Morgan fingerprint density at radius 3 is 2.29 bits per heavy atom. The summed E-state index contributed by atoms with van der Waals surface area (Å²) in [6.07, 6.45) is 4.24. The van der Waals surface area contributed by atoms with Gasteiger partial charge in [-0.2, -0.15) is 0 Å². The van der Waals surface area contributed by atoms with Crippen LogP contribution < -0.4 is 40.5 Å². The number of hydrogen-bond acceptors (Lipinski definition) is 4. The number of benzene rings is 1. The third-order valence-electron chi connectivity index (χ3n) is 4.27. The molecule has 1 N–H and O–H groups in total. The summed E-state index contributed by atoms with van der Waals surface area (Å²) in [5.41, 5.74) is -1.97. The molecule has 3 aromatic rings. The van der Waals surface area contributed by atoms with Crippen LogP contribution in [0.5, 0.6) is 5.75 Å². The number of aromatic hydroxyl groups is 1. The maximum atomic E-state index is 13.0. The molecule has 3 rings (SSSR count). The van der Waals surface area contributed by atoms with Crippen LogP contribution in [0.1, 0.15) is 36.7 Å². The van der Waals surface area contributed by atoms with Gasteiger partial charge in [0.25, 0.3) is 5.56 Å². The Hall–Kier alpha value is -2.22. The van der Waals surface area contributed by atoms with E-state index in [1.165, 1.54) is 39.7 Å². The molecule has 0 aliphatic carbocycles. The van der Waals surface area contributed by atoms with Crippen molar-refractivity contribution < 1.29 is 43.8 Å². The number of rotatable bonds is 3. The molecule has 2 aromatic heterocycles. The van der Waals surface area contributed by atoms with Crippen LogP contribution in [0.4, 0.5) is 4.39 Å². The quantitative estimate of drug-likeness (QED) is 0.485. The number of fused-ring (bicyclic) bond motifs is 1. The fourth-order valence-electron chi connectivity index (χ4n) is 2.78. The predicted molar refractivity (Wildman–Crippen MR) is 98.9 cm³/mol. The molecule has 2 heterocycles. The molecule has 6 nitrogen and oxygen atoms in total. The number of nitrogens with zero attached hydrogens (tertiary/aromatic N) is 2. The van der Waals surface area contributed by atoms with Gasteiger partial charge in [0.1, 0.15) is 5.82 Å². The second kappa shape index (κ2) is 8.03. The van der Waals surface area contributed by atoms with Gasteiger partial charge in [-0.05, 0) is 17.7 Å². The van der Waals surface area contributed by atoms with E-state index in [1.807, 2.05) is 0 Å². The molecular weight excluding hydrogens is 374 g/mol. The molecule has 0 saturated heterocycles. The average Bonchev–Trinajstić information content (AvgIpc) is 2.60. The first-order valence-electron chi connectivity index (χ1n) is 8.36. The van der Waals surface area contributed by atoms with Crippen molar-refractivity contribution in [2.24, 2.45) is 5.41 Å². The molecular formula is C20H19FN2NaO4+. The van der Waals surface area contributed by atoms with Gasteiger partial charge in [-0.3, -0.25) is 14.4 Å². The van der Waals surface area contributed by atoms with Gasteiger partial charge >= 0.3 is 29.6 Å². The molecule has 0 bridgehead atoms. The van der Waals surface area contributed by atoms with Crippen LogP contribution in [0, 0.1) is 11.2 Å². The van der Waals surface area contributed by atoms with E-state index >= 15 is 0 Å². The van der Waals surface area contributed by atoms with Crippen molar-refractivity contribution in [2.45, 2.75) is 27.3 Å². The molecule has 0 amide bonds. The van der Waals surface area contributed by atoms with Crippen LogP contribution >= 0.6 is 0 Å². The van der Waals surface area contributed by atoms with Crippen LogP contribution in [-0.4, -0.2) is 19.9 Å². The SMILES string of the molecule is CC(C)(C)C(=O)c1cn2ccn(Cc3ccc(F)cc3)c(=O)c2c(O)c1=O.[Na+]. The molecule has 28 heavy (non-hydrogen) atoms. The third-order valence-corrected chi connectivity index (χ3v) is 4.27. The van der Waals surface area contributed by atoms with Gasteiger partial charge in [0.15, 0.2) is 17.0 Å². The molecule has 0 fully saturated rings. The molecule has 0 unspecified atom stereocenters. The van der Waals surface area contributed by atoms with Crippen LogP contribution in [0.2, 0.25) is 0 Å². The van der Waals surface area contributed by atoms with E-state index in [2.05, 4.69) is 0 Å².